The lowest BCUT2D eigenvalue weighted by Gasteiger charge is -2.50. The highest BCUT2D eigenvalue weighted by Gasteiger charge is 2.43. The summed E-state index contributed by atoms with van der Waals surface area (Å²) in [5.41, 5.74) is 1.88. The summed E-state index contributed by atoms with van der Waals surface area (Å²) in [5.74, 6) is 5.21. The molecule has 0 saturated heterocycles. The molecular weight excluding hydrogens is 276 g/mol. The van der Waals surface area contributed by atoms with Crippen LogP contribution in [0, 0.1) is 29.6 Å². The first-order chi connectivity index (χ1) is 11.3. The van der Waals surface area contributed by atoms with E-state index in [2.05, 4.69) is 19.9 Å². The summed E-state index contributed by atoms with van der Waals surface area (Å²) in [6, 6.07) is 0. The van der Waals surface area contributed by atoms with Crippen LogP contribution in [0.4, 0.5) is 0 Å². The first kappa shape index (κ1) is 17.6. The number of allylic oxidation sites excluding steroid dienone is 2. The molecule has 5 atom stereocenters. The second-order valence-electron chi connectivity index (χ2n) is 8.81. The Labute approximate surface area is 145 Å². The summed E-state index contributed by atoms with van der Waals surface area (Å²) < 4.78 is 0. The van der Waals surface area contributed by atoms with E-state index >= 15 is 0 Å². The molecule has 5 unspecified atom stereocenters. The summed E-state index contributed by atoms with van der Waals surface area (Å²) in [4.78, 5) is 0. The maximum absolute atomic E-state index is 2.71. The predicted molar refractivity (Wildman–Crippen MR) is 102 cm³/mol. The first-order valence-corrected chi connectivity index (χ1v) is 11.0. The van der Waals surface area contributed by atoms with Gasteiger partial charge in [-0.15, -0.1) is 0 Å². The van der Waals surface area contributed by atoms with Crippen molar-refractivity contribution in [1.82, 2.24) is 0 Å². The number of hydrogen-bond donors (Lipinski definition) is 0. The largest absolute Gasteiger partial charge is 0.0847 e. The van der Waals surface area contributed by atoms with Crippen molar-refractivity contribution in [2.75, 3.05) is 0 Å². The predicted octanol–water partition coefficient (Wildman–Crippen LogP) is 7.54. The van der Waals surface area contributed by atoms with E-state index < -0.39 is 0 Å². The monoisotopic (exact) mass is 316 g/mol. The second kappa shape index (κ2) is 8.72. The maximum Gasteiger partial charge on any atom is -0.0172 e. The van der Waals surface area contributed by atoms with E-state index in [0.29, 0.717) is 0 Å². The number of unbranched alkanes of at least 4 members (excludes halogenated alkanes) is 4. The van der Waals surface area contributed by atoms with Gasteiger partial charge in [-0.25, -0.2) is 0 Å². The van der Waals surface area contributed by atoms with Crippen LogP contribution in [0.25, 0.3) is 0 Å². The summed E-state index contributed by atoms with van der Waals surface area (Å²) in [6.45, 7) is 4.81. The van der Waals surface area contributed by atoms with Crippen LogP contribution in [0.1, 0.15) is 104 Å². The Hall–Kier alpha value is -0.260. The average molecular weight is 317 g/mol. The second-order valence-corrected chi connectivity index (χ2v) is 8.81. The van der Waals surface area contributed by atoms with Gasteiger partial charge in [-0.3, -0.25) is 0 Å². The number of fused-ring (bicyclic) bond motifs is 3. The lowest BCUT2D eigenvalue weighted by atomic mass is 9.55. The molecule has 0 aromatic heterocycles. The van der Waals surface area contributed by atoms with Gasteiger partial charge in [0, 0.05) is 0 Å². The lowest BCUT2D eigenvalue weighted by molar-refractivity contribution is 0.0399. The third-order valence-corrected chi connectivity index (χ3v) is 7.60. The van der Waals surface area contributed by atoms with Crippen LogP contribution >= 0.6 is 0 Å². The highest BCUT2D eigenvalue weighted by Crippen LogP contribution is 2.53. The third-order valence-electron chi connectivity index (χ3n) is 7.60. The lowest BCUT2D eigenvalue weighted by Crippen LogP contribution is -2.41. The van der Waals surface area contributed by atoms with Gasteiger partial charge < -0.3 is 0 Å². The summed E-state index contributed by atoms with van der Waals surface area (Å²) in [7, 11) is 0. The molecule has 3 rings (SSSR count). The molecule has 0 aromatic carbocycles. The van der Waals surface area contributed by atoms with Crippen molar-refractivity contribution in [3.05, 3.63) is 11.6 Å². The van der Waals surface area contributed by atoms with Crippen molar-refractivity contribution in [2.45, 2.75) is 104 Å². The van der Waals surface area contributed by atoms with Gasteiger partial charge in [0.1, 0.15) is 0 Å². The van der Waals surface area contributed by atoms with E-state index in [9.17, 15) is 0 Å². The molecule has 23 heavy (non-hydrogen) atoms. The fourth-order valence-electron chi connectivity index (χ4n) is 6.45. The number of hydrogen-bond acceptors (Lipinski definition) is 0. The Kier molecular flexibility index (Phi) is 6.66. The minimum atomic E-state index is 1.00. The van der Waals surface area contributed by atoms with Crippen molar-refractivity contribution < 1.29 is 0 Å². The molecule has 0 radical (unpaired) electrons. The van der Waals surface area contributed by atoms with E-state index in [0.717, 1.165) is 29.6 Å². The molecule has 0 amide bonds. The zero-order valence-electron chi connectivity index (χ0n) is 15.9. The highest BCUT2D eigenvalue weighted by molar-refractivity contribution is 5.17. The smallest absolute Gasteiger partial charge is 0.0172 e. The SMILES string of the molecule is CCCCCCCC1CCC2C3CCCCC3=CCC2C1CC. The average Bonchev–Trinajstić information content (AvgIpc) is 2.60. The zero-order chi connectivity index (χ0) is 16.1. The van der Waals surface area contributed by atoms with Crippen LogP contribution in [0.3, 0.4) is 0 Å². The van der Waals surface area contributed by atoms with E-state index in [-0.39, 0.29) is 0 Å². The molecular formula is C23H40. The normalized spacial score (nSPS) is 37.0. The minimum Gasteiger partial charge on any atom is -0.0847 e. The van der Waals surface area contributed by atoms with Crippen LogP contribution in [0.15, 0.2) is 11.6 Å². The van der Waals surface area contributed by atoms with Gasteiger partial charge >= 0.3 is 0 Å². The molecule has 0 bridgehead atoms. The van der Waals surface area contributed by atoms with Gasteiger partial charge in [0.2, 0.25) is 0 Å². The molecule has 0 heterocycles. The van der Waals surface area contributed by atoms with Gasteiger partial charge in [-0.05, 0) is 68.1 Å². The van der Waals surface area contributed by atoms with Gasteiger partial charge in [0.15, 0.2) is 0 Å². The van der Waals surface area contributed by atoms with Crippen LogP contribution in [-0.4, -0.2) is 0 Å². The minimum absolute atomic E-state index is 1.00. The molecule has 0 nitrogen and oxygen atoms in total. The summed E-state index contributed by atoms with van der Waals surface area (Å²) in [5, 5.41) is 0. The molecule has 3 aliphatic rings. The molecule has 0 N–H and O–H groups in total. The molecule has 132 valence electrons. The zero-order valence-corrected chi connectivity index (χ0v) is 15.9. The van der Waals surface area contributed by atoms with Crippen LogP contribution in [0.2, 0.25) is 0 Å². The highest BCUT2D eigenvalue weighted by atomic mass is 14.5. The quantitative estimate of drug-likeness (QED) is 0.336. The topological polar surface area (TPSA) is 0 Å². The van der Waals surface area contributed by atoms with Crippen LogP contribution in [-0.2, 0) is 0 Å². The molecule has 0 aromatic rings. The van der Waals surface area contributed by atoms with Crippen molar-refractivity contribution >= 4 is 0 Å². The van der Waals surface area contributed by atoms with E-state index in [4.69, 9.17) is 0 Å². The Morgan fingerprint density at radius 3 is 2.61 bits per heavy atom. The van der Waals surface area contributed by atoms with Gasteiger partial charge in [0.25, 0.3) is 0 Å². The Balaban J connectivity index is 1.57. The fourth-order valence-corrected chi connectivity index (χ4v) is 6.45. The fraction of sp³-hybridized carbons (Fsp3) is 0.913. The van der Waals surface area contributed by atoms with E-state index in [1.807, 2.05) is 5.57 Å². The van der Waals surface area contributed by atoms with Crippen molar-refractivity contribution in [1.29, 1.82) is 0 Å². The first-order valence-electron chi connectivity index (χ1n) is 11.0. The summed E-state index contributed by atoms with van der Waals surface area (Å²) in [6.07, 6.45) is 23.4. The van der Waals surface area contributed by atoms with Crippen molar-refractivity contribution in [2.24, 2.45) is 29.6 Å². The molecule has 0 spiro atoms. The molecule has 0 aliphatic heterocycles. The molecule has 2 fully saturated rings. The number of rotatable bonds is 7. The Morgan fingerprint density at radius 1 is 0.913 bits per heavy atom. The van der Waals surface area contributed by atoms with Crippen LogP contribution < -0.4 is 0 Å². The summed E-state index contributed by atoms with van der Waals surface area (Å²) >= 11 is 0. The molecule has 0 heteroatoms. The van der Waals surface area contributed by atoms with Crippen molar-refractivity contribution in [3.8, 4) is 0 Å². The third kappa shape index (κ3) is 4.05. The van der Waals surface area contributed by atoms with E-state index in [1.54, 1.807) is 12.8 Å². The standard InChI is InChI=1S/C23H40/c1-3-5-6-7-8-11-18-14-17-23-21-13-10-9-12-19(21)15-16-22(23)20(18)4-2/h15,18,20-23H,3-14,16-17H2,1-2H3. The molecule has 3 aliphatic carbocycles. The Morgan fingerprint density at radius 2 is 1.78 bits per heavy atom. The van der Waals surface area contributed by atoms with Crippen molar-refractivity contribution in [3.63, 3.8) is 0 Å². The maximum atomic E-state index is 2.71. The van der Waals surface area contributed by atoms with E-state index in [1.165, 1.54) is 77.0 Å². The van der Waals surface area contributed by atoms with Gasteiger partial charge in [-0.2, -0.15) is 0 Å². The molecule has 2 saturated carbocycles. The Bertz CT molecular complexity index is 379. The van der Waals surface area contributed by atoms with Crippen LogP contribution in [0.5, 0.6) is 0 Å². The van der Waals surface area contributed by atoms with Gasteiger partial charge in [-0.1, -0.05) is 76.9 Å². The van der Waals surface area contributed by atoms with Gasteiger partial charge in [0.05, 0.1) is 0 Å².